The van der Waals surface area contributed by atoms with Crippen LogP contribution in [0.5, 0.6) is 0 Å². The van der Waals surface area contributed by atoms with Crippen molar-refractivity contribution in [2.75, 3.05) is 0 Å². The first kappa shape index (κ1) is 5.95. The Morgan fingerprint density at radius 1 is 1.75 bits per heavy atom. The van der Waals surface area contributed by atoms with E-state index in [2.05, 4.69) is 12.6 Å². The zero-order valence-corrected chi connectivity index (χ0v) is 5.32. The molecular formula is C5H8O2S. The number of hydrogen-bond acceptors (Lipinski definition) is 2. The zero-order chi connectivity index (χ0) is 6.20. The van der Waals surface area contributed by atoms with Crippen LogP contribution in [-0.2, 0) is 4.79 Å². The van der Waals surface area contributed by atoms with Crippen LogP contribution in [0.4, 0.5) is 0 Å². The Kier molecular flexibility index (Phi) is 1.23. The highest BCUT2D eigenvalue weighted by Gasteiger charge is 2.40. The highest BCUT2D eigenvalue weighted by atomic mass is 32.1. The van der Waals surface area contributed by atoms with Gasteiger partial charge in [0.1, 0.15) is 0 Å². The fourth-order valence-corrected chi connectivity index (χ4v) is 0.850. The van der Waals surface area contributed by atoms with Crippen LogP contribution >= 0.6 is 12.6 Å². The van der Waals surface area contributed by atoms with Gasteiger partial charge in [0.25, 0.3) is 0 Å². The molecule has 1 fully saturated rings. The Labute approximate surface area is 53.3 Å². The first-order chi connectivity index (χ1) is 3.62. The van der Waals surface area contributed by atoms with Crippen LogP contribution in [0, 0.1) is 0 Å². The van der Waals surface area contributed by atoms with E-state index in [-0.39, 0.29) is 11.2 Å². The first-order valence-electron chi connectivity index (χ1n) is 2.57. The summed E-state index contributed by atoms with van der Waals surface area (Å²) in [5, 5.41) is 8.24. The minimum atomic E-state index is -0.738. The second-order valence-corrected chi connectivity index (χ2v) is 3.24. The molecule has 1 N–H and O–H groups in total. The molecule has 0 aromatic rings. The molecule has 1 aliphatic rings. The van der Waals surface area contributed by atoms with E-state index in [0.29, 0.717) is 0 Å². The molecule has 1 aliphatic carbocycles. The van der Waals surface area contributed by atoms with Crippen LogP contribution in [0.25, 0.3) is 0 Å². The second kappa shape index (κ2) is 1.65. The third-order valence-electron chi connectivity index (χ3n) is 1.31. The molecule has 0 atom stereocenters. The van der Waals surface area contributed by atoms with Gasteiger partial charge in [-0.05, 0) is 12.8 Å². The molecule has 0 amide bonds. The van der Waals surface area contributed by atoms with Gasteiger partial charge in [0, 0.05) is 4.75 Å². The lowest BCUT2D eigenvalue weighted by Gasteiger charge is -1.98. The van der Waals surface area contributed by atoms with Gasteiger partial charge in [-0.3, -0.25) is 4.79 Å². The van der Waals surface area contributed by atoms with Crippen molar-refractivity contribution in [2.45, 2.75) is 24.0 Å². The van der Waals surface area contributed by atoms with Crippen molar-refractivity contribution in [3.05, 3.63) is 0 Å². The predicted octanol–water partition coefficient (Wildman–Crippen LogP) is 0.923. The van der Waals surface area contributed by atoms with Gasteiger partial charge in [0.05, 0.1) is 6.42 Å². The van der Waals surface area contributed by atoms with Gasteiger partial charge in [0.15, 0.2) is 0 Å². The van der Waals surface area contributed by atoms with Crippen molar-refractivity contribution in [3.63, 3.8) is 0 Å². The molecule has 1 rings (SSSR count). The summed E-state index contributed by atoms with van der Waals surface area (Å²) >= 11 is 4.12. The lowest BCUT2D eigenvalue weighted by Crippen LogP contribution is -2.06. The largest absolute Gasteiger partial charge is 0.481 e. The van der Waals surface area contributed by atoms with Crippen molar-refractivity contribution in [1.82, 2.24) is 0 Å². The number of carboxylic acid groups (broad SMARTS) is 1. The first-order valence-corrected chi connectivity index (χ1v) is 3.01. The summed E-state index contributed by atoms with van der Waals surface area (Å²) in [7, 11) is 0. The van der Waals surface area contributed by atoms with Gasteiger partial charge >= 0.3 is 5.97 Å². The van der Waals surface area contributed by atoms with E-state index in [1.165, 1.54) is 0 Å². The molecule has 0 aromatic carbocycles. The molecule has 0 bridgehead atoms. The molecule has 0 saturated heterocycles. The van der Waals surface area contributed by atoms with E-state index in [4.69, 9.17) is 5.11 Å². The lowest BCUT2D eigenvalue weighted by atomic mass is 10.3. The van der Waals surface area contributed by atoms with Gasteiger partial charge in [-0.1, -0.05) is 0 Å². The highest BCUT2D eigenvalue weighted by Crippen LogP contribution is 2.44. The third kappa shape index (κ3) is 1.40. The van der Waals surface area contributed by atoms with Gasteiger partial charge in [-0.25, -0.2) is 0 Å². The Hall–Kier alpha value is -0.180. The lowest BCUT2D eigenvalue weighted by molar-refractivity contribution is -0.137. The number of hydrogen-bond donors (Lipinski definition) is 2. The maximum atomic E-state index is 10.0. The van der Waals surface area contributed by atoms with E-state index in [1.54, 1.807) is 0 Å². The van der Waals surface area contributed by atoms with Gasteiger partial charge < -0.3 is 5.11 Å². The number of aliphatic carboxylic acids is 1. The van der Waals surface area contributed by atoms with Crippen molar-refractivity contribution in [2.24, 2.45) is 0 Å². The maximum absolute atomic E-state index is 10.0. The second-order valence-electron chi connectivity index (χ2n) is 2.29. The topological polar surface area (TPSA) is 37.3 Å². The fraction of sp³-hybridized carbons (Fsp3) is 0.800. The minimum Gasteiger partial charge on any atom is -0.481 e. The summed E-state index contributed by atoms with van der Waals surface area (Å²) in [6.07, 6.45) is 2.14. The third-order valence-corrected chi connectivity index (χ3v) is 1.91. The molecular weight excluding hydrogens is 124 g/mol. The van der Waals surface area contributed by atoms with Gasteiger partial charge in [-0.15, -0.1) is 0 Å². The van der Waals surface area contributed by atoms with Crippen LogP contribution in [0.2, 0.25) is 0 Å². The molecule has 3 heteroatoms. The predicted molar refractivity (Wildman–Crippen MR) is 33.2 cm³/mol. The summed E-state index contributed by atoms with van der Waals surface area (Å²) in [6.45, 7) is 0. The van der Waals surface area contributed by atoms with E-state index in [1.807, 2.05) is 0 Å². The number of carbonyl (C=O) groups is 1. The summed E-state index contributed by atoms with van der Waals surface area (Å²) in [6, 6.07) is 0. The highest BCUT2D eigenvalue weighted by molar-refractivity contribution is 7.82. The molecule has 46 valence electrons. The monoisotopic (exact) mass is 132 g/mol. The van der Waals surface area contributed by atoms with Crippen LogP contribution < -0.4 is 0 Å². The van der Waals surface area contributed by atoms with E-state index in [9.17, 15) is 4.79 Å². The van der Waals surface area contributed by atoms with Crippen molar-refractivity contribution in [3.8, 4) is 0 Å². The van der Waals surface area contributed by atoms with Crippen molar-refractivity contribution in [1.29, 1.82) is 0 Å². The van der Waals surface area contributed by atoms with Crippen molar-refractivity contribution >= 4 is 18.6 Å². The van der Waals surface area contributed by atoms with E-state index in [0.717, 1.165) is 12.8 Å². The van der Waals surface area contributed by atoms with Crippen LogP contribution in [0.15, 0.2) is 0 Å². The molecule has 0 unspecified atom stereocenters. The molecule has 2 nitrogen and oxygen atoms in total. The Morgan fingerprint density at radius 2 is 2.25 bits per heavy atom. The number of thiol groups is 1. The average molecular weight is 132 g/mol. The number of rotatable bonds is 2. The summed E-state index contributed by atoms with van der Waals surface area (Å²) < 4.78 is -0.133. The summed E-state index contributed by atoms with van der Waals surface area (Å²) in [5.74, 6) is -0.738. The zero-order valence-electron chi connectivity index (χ0n) is 4.42. The van der Waals surface area contributed by atoms with Crippen molar-refractivity contribution < 1.29 is 9.90 Å². The van der Waals surface area contributed by atoms with E-state index >= 15 is 0 Å². The van der Waals surface area contributed by atoms with Crippen LogP contribution in [0.3, 0.4) is 0 Å². The van der Waals surface area contributed by atoms with Crippen LogP contribution in [0.1, 0.15) is 19.3 Å². The standard InChI is InChI=1S/C5H8O2S/c6-4(7)3-5(8)1-2-5/h8H,1-3H2,(H,6,7). The Morgan fingerprint density at radius 3 is 2.38 bits per heavy atom. The molecule has 0 aromatic heterocycles. The molecule has 0 aliphatic heterocycles. The Balaban J connectivity index is 2.29. The quantitative estimate of drug-likeness (QED) is 0.548. The SMILES string of the molecule is O=C(O)CC1(S)CC1. The number of carboxylic acids is 1. The smallest absolute Gasteiger partial charge is 0.304 e. The van der Waals surface area contributed by atoms with E-state index < -0.39 is 5.97 Å². The van der Waals surface area contributed by atoms with Gasteiger partial charge in [-0.2, -0.15) is 12.6 Å². The fourth-order valence-electron chi connectivity index (χ4n) is 0.603. The normalized spacial score (nSPS) is 22.6. The minimum absolute atomic E-state index is 0.133. The van der Waals surface area contributed by atoms with Crippen LogP contribution in [-0.4, -0.2) is 15.8 Å². The molecule has 1 saturated carbocycles. The Bertz CT molecular complexity index is 118. The molecule has 8 heavy (non-hydrogen) atoms. The average Bonchev–Trinajstić information content (AvgIpc) is 2.17. The molecule has 0 spiro atoms. The molecule has 0 heterocycles. The molecule has 0 radical (unpaired) electrons. The summed E-state index contributed by atoms with van der Waals surface area (Å²) in [5.41, 5.74) is 0. The summed E-state index contributed by atoms with van der Waals surface area (Å²) in [4.78, 5) is 10.0. The van der Waals surface area contributed by atoms with Gasteiger partial charge in [0.2, 0.25) is 0 Å². The maximum Gasteiger partial charge on any atom is 0.304 e.